The average molecular weight is 397 g/mol. The van der Waals surface area contributed by atoms with Gasteiger partial charge in [0.05, 0.1) is 0 Å². The molecule has 4 nitrogen and oxygen atoms in total. The predicted molar refractivity (Wildman–Crippen MR) is 102 cm³/mol. The second kappa shape index (κ2) is 9.15. The third-order valence-corrected chi connectivity index (χ3v) is 4.86. The number of ether oxygens (including phenoxy) is 1. The van der Waals surface area contributed by atoms with Gasteiger partial charge in [0.15, 0.2) is 0 Å². The van der Waals surface area contributed by atoms with E-state index in [2.05, 4.69) is 0 Å². The van der Waals surface area contributed by atoms with Crippen molar-refractivity contribution in [1.29, 1.82) is 0 Å². The highest BCUT2D eigenvalue weighted by molar-refractivity contribution is 5.85. The Hall–Kier alpha value is -2.18. The van der Waals surface area contributed by atoms with Gasteiger partial charge in [0.2, 0.25) is 0 Å². The first kappa shape index (κ1) is 21.1. The van der Waals surface area contributed by atoms with Crippen LogP contribution in [0.4, 0.5) is 13.6 Å². The summed E-state index contributed by atoms with van der Waals surface area (Å²) in [6.07, 6.45) is -1.73. The van der Waals surface area contributed by atoms with Gasteiger partial charge in [-0.05, 0) is 24.0 Å². The molecule has 0 atom stereocenters. The van der Waals surface area contributed by atoms with Gasteiger partial charge in [-0.15, -0.1) is 12.4 Å². The average Bonchev–Trinajstić information content (AvgIpc) is 2.67. The maximum Gasteiger partial charge on any atom is 0.410 e. The molecule has 7 heteroatoms. The number of rotatable bonds is 4. The second-order valence-electron chi connectivity index (χ2n) is 6.61. The minimum absolute atomic E-state index is 0. The van der Waals surface area contributed by atoms with Gasteiger partial charge in [-0.1, -0.05) is 54.6 Å². The first-order valence-electron chi connectivity index (χ1n) is 8.61. The zero-order valence-corrected chi connectivity index (χ0v) is 15.6. The van der Waals surface area contributed by atoms with E-state index in [1.54, 1.807) is 17.0 Å². The molecule has 0 unspecified atom stereocenters. The lowest BCUT2D eigenvalue weighted by atomic mass is 9.82. The van der Waals surface area contributed by atoms with Crippen LogP contribution in [0, 0.1) is 0 Å². The van der Waals surface area contributed by atoms with Crippen LogP contribution in [-0.2, 0) is 16.9 Å². The van der Waals surface area contributed by atoms with Crippen LogP contribution in [0.25, 0.3) is 0 Å². The number of hydrogen-bond acceptors (Lipinski definition) is 3. The summed E-state index contributed by atoms with van der Waals surface area (Å²) in [5, 5.41) is 0. The maximum atomic E-state index is 12.7. The quantitative estimate of drug-likeness (QED) is 0.819. The van der Waals surface area contributed by atoms with Crippen molar-refractivity contribution in [3.8, 4) is 0 Å². The zero-order valence-electron chi connectivity index (χ0n) is 14.8. The van der Waals surface area contributed by atoms with E-state index in [4.69, 9.17) is 10.5 Å². The Kier molecular flexibility index (Phi) is 7.16. The van der Waals surface area contributed by atoms with Gasteiger partial charge < -0.3 is 15.4 Å². The molecule has 146 valence electrons. The van der Waals surface area contributed by atoms with Crippen LogP contribution in [0.1, 0.15) is 36.0 Å². The number of alkyl halides is 2. The molecule has 2 aromatic rings. The number of amides is 1. The van der Waals surface area contributed by atoms with Crippen LogP contribution in [0.15, 0.2) is 54.6 Å². The standard InChI is InChI=1S/C20H22F2N2O2.ClH/c21-18(22)16-6-8-17(9-7-16)20(23)10-12-24(13-11-20)19(25)26-14-15-4-2-1-3-5-15;/h1-9,18H,10-14,23H2;1H. The summed E-state index contributed by atoms with van der Waals surface area (Å²) in [4.78, 5) is 13.9. The molecule has 1 aliphatic rings. The molecule has 1 heterocycles. The van der Waals surface area contributed by atoms with Gasteiger partial charge in [-0.25, -0.2) is 13.6 Å². The van der Waals surface area contributed by atoms with E-state index in [0.717, 1.165) is 11.1 Å². The summed E-state index contributed by atoms with van der Waals surface area (Å²) in [6, 6.07) is 15.6. The molecule has 1 fully saturated rings. The number of piperidine rings is 1. The molecule has 1 saturated heterocycles. The van der Waals surface area contributed by atoms with Crippen molar-refractivity contribution < 1.29 is 18.3 Å². The number of carbonyl (C=O) groups is 1. The van der Waals surface area contributed by atoms with Crippen LogP contribution < -0.4 is 5.73 Å². The van der Waals surface area contributed by atoms with E-state index < -0.39 is 12.0 Å². The zero-order chi connectivity index (χ0) is 18.6. The highest BCUT2D eigenvalue weighted by Crippen LogP contribution is 2.32. The molecule has 2 aromatic carbocycles. The van der Waals surface area contributed by atoms with Crippen molar-refractivity contribution in [3.05, 3.63) is 71.3 Å². The Bertz CT molecular complexity index is 733. The topological polar surface area (TPSA) is 55.6 Å². The fourth-order valence-corrected chi connectivity index (χ4v) is 3.15. The van der Waals surface area contributed by atoms with Crippen molar-refractivity contribution in [3.63, 3.8) is 0 Å². The first-order chi connectivity index (χ1) is 12.5. The van der Waals surface area contributed by atoms with Gasteiger partial charge in [0, 0.05) is 24.2 Å². The number of nitrogens with zero attached hydrogens (tertiary/aromatic N) is 1. The van der Waals surface area contributed by atoms with E-state index >= 15 is 0 Å². The third-order valence-electron chi connectivity index (χ3n) is 4.86. The SMILES string of the molecule is Cl.NC1(c2ccc(C(F)F)cc2)CCN(C(=O)OCc2ccccc2)CC1. The Labute approximate surface area is 163 Å². The van der Waals surface area contributed by atoms with Gasteiger partial charge in [-0.2, -0.15) is 0 Å². The largest absolute Gasteiger partial charge is 0.445 e. The molecule has 0 saturated carbocycles. The smallest absolute Gasteiger partial charge is 0.410 e. The monoisotopic (exact) mass is 396 g/mol. The molecule has 2 N–H and O–H groups in total. The summed E-state index contributed by atoms with van der Waals surface area (Å²) in [7, 11) is 0. The Morgan fingerprint density at radius 3 is 2.22 bits per heavy atom. The summed E-state index contributed by atoms with van der Waals surface area (Å²) in [5.41, 5.74) is 7.59. The van der Waals surface area contributed by atoms with Crippen LogP contribution in [0.3, 0.4) is 0 Å². The van der Waals surface area contributed by atoms with Crippen LogP contribution in [0.5, 0.6) is 0 Å². The van der Waals surface area contributed by atoms with E-state index in [-0.39, 0.29) is 30.7 Å². The molecule has 0 bridgehead atoms. The highest BCUT2D eigenvalue weighted by atomic mass is 35.5. The van der Waals surface area contributed by atoms with Crippen LogP contribution in [0.2, 0.25) is 0 Å². The third kappa shape index (κ3) is 5.17. The molecule has 0 radical (unpaired) electrons. The fraction of sp³-hybridized carbons (Fsp3) is 0.350. The number of hydrogen-bond donors (Lipinski definition) is 1. The number of carbonyl (C=O) groups excluding carboxylic acids is 1. The van der Waals surface area contributed by atoms with Crippen molar-refractivity contribution >= 4 is 18.5 Å². The molecule has 0 spiro atoms. The van der Waals surface area contributed by atoms with Crippen molar-refractivity contribution in [2.45, 2.75) is 31.4 Å². The van der Waals surface area contributed by atoms with E-state index in [1.165, 1.54) is 12.1 Å². The van der Waals surface area contributed by atoms with E-state index in [9.17, 15) is 13.6 Å². The number of nitrogens with two attached hydrogens (primary N) is 1. The molecule has 0 aromatic heterocycles. The molecular weight excluding hydrogens is 374 g/mol. The molecule has 3 rings (SSSR count). The molecule has 1 amide bonds. The molecular formula is C20H23ClF2N2O2. The summed E-state index contributed by atoms with van der Waals surface area (Å²) in [5.74, 6) is 0. The van der Waals surface area contributed by atoms with E-state index in [1.807, 2.05) is 30.3 Å². The van der Waals surface area contributed by atoms with Crippen molar-refractivity contribution in [2.24, 2.45) is 5.73 Å². The maximum absolute atomic E-state index is 12.7. The highest BCUT2D eigenvalue weighted by Gasteiger charge is 2.34. The Balaban J connectivity index is 0.00000261. The fourth-order valence-electron chi connectivity index (χ4n) is 3.15. The Morgan fingerprint density at radius 1 is 1.07 bits per heavy atom. The van der Waals surface area contributed by atoms with Gasteiger partial charge in [-0.3, -0.25) is 0 Å². The second-order valence-corrected chi connectivity index (χ2v) is 6.61. The van der Waals surface area contributed by atoms with Crippen LogP contribution >= 0.6 is 12.4 Å². The molecule has 0 aliphatic carbocycles. The minimum Gasteiger partial charge on any atom is -0.445 e. The predicted octanol–water partition coefficient (Wildman–Crippen LogP) is 4.63. The number of benzene rings is 2. The van der Waals surface area contributed by atoms with Crippen molar-refractivity contribution in [2.75, 3.05) is 13.1 Å². The normalized spacial score (nSPS) is 15.9. The molecule has 27 heavy (non-hydrogen) atoms. The van der Waals surface area contributed by atoms with E-state index in [0.29, 0.717) is 25.9 Å². The van der Waals surface area contributed by atoms with Gasteiger partial charge in [0.1, 0.15) is 6.61 Å². The van der Waals surface area contributed by atoms with Crippen LogP contribution in [-0.4, -0.2) is 24.1 Å². The summed E-state index contributed by atoms with van der Waals surface area (Å²) >= 11 is 0. The lowest BCUT2D eigenvalue weighted by molar-refractivity contribution is 0.0779. The van der Waals surface area contributed by atoms with Gasteiger partial charge in [0.25, 0.3) is 6.43 Å². The lowest BCUT2D eigenvalue weighted by Crippen LogP contribution is -2.49. The summed E-state index contributed by atoms with van der Waals surface area (Å²) in [6.45, 7) is 1.18. The van der Waals surface area contributed by atoms with Gasteiger partial charge >= 0.3 is 6.09 Å². The summed E-state index contributed by atoms with van der Waals surface area (Å²) < 4.78 is 30.7. The number of likely N-dealkylation sites (tertiary alicyclic amines) is 1. The van der Waals surface area contributed by atoms with Crippen molar-refractivity contribution in [1.82, 2.24) is 4.90 Å². The lowest BCUT2D eigenvalue weighted by Gasteiger charge is -2.39. The Morgan fingerprint density at radius 2 is 1.67 bits per heavy atom. The first-order valence-corrected chi connectivity index (χ1v) is 8.61. The number of halogens is 3. The molecule has 1 aliphatic heterocycles. The minimum atomic E-state index is -2.49.